The lowest BCUT2D eigenvalue weighted by atomic mass is 10.5. The van der Waals surface area contributed by atoms with E-state index in [0.29, 0.717) is 6.54 Å². The molecule has 0 fully saturated rings. The van der Waals surface area contributed by atoms with Gasteiger partial charge in [0.05, 0.1) is 0 Å². The molecule has 0 radical (unpaired) electrons. The average molecular weight is 131 g/mol. The molecule has 0 aliphatic carbocycles. The summed E-state index contributed by atoms with van der Waals surface area (Å²) in [5, 5.41) is 2.42. The molecule has 0 aromatic heterocycles. The molecule has 0 rings (SSSR count). The molecule has 1 N–H and O–H groups in total. The van der Waals surface area contributed by atoms with E-state index < -0.39 is 5.83 Å². The maximum Gasteiger partial charge on any atom is 0.246 e. The molecule has 52 valence electrons. The van der Waals surface area contributed by atoms with Crippen molar-refractivity contribution in [1.82, 2.24) is 5.32 Å². The molecule has 0 saturated carbocycles. The monoisotopic (exact) mass is 131 g/mol. The molecule has 0 spiro atoms. The summed E-state index contributed by atoms with van der Waals surface area (Å²) in [5.41, 5.74) is 0. The topological polar surface area (TPSA) is 29.1 Å². The second-order valence-electron chi connectivity index (χ2n) is 1.63. The van der Waals surface area contributed by atoms with Gasteiger partial charge in [0.15, 0.2) is 0 Å². The third kappa shape index (κ3) is 5.00. The van der Waals surface area contributed by atoms with Crippen LogP contribution in [0, 0.1) is 0 Å². The third-order valence-electron chi connectivity index (χ3n) is 0.681. The first kappa shape index (κ1) is 8.14. The van der Waals surface area contributed by atoms with Crippen LogP contribution in [-0.4, -0.2) is 12.5 Å². The molecule has 0 heterocycles. The predicted molar refractivity (Wildman–Crippen MR) is 33.5 cm³/mol. The Hall–Kier alpha value is -0.860. The third-order valence-corrected chi connectivity index (χ3v) is 0.681. The van der Waals surface area contributed by atoms with E-state index in [1.54, 1.807) is 6.92 Å². The number of carbonyl (C=O) groups excluding carboxylic acids is 1. The minimum absolute atomic E-state index is 0.377. The Morgan fingerprint density at radius 2 is 2.33 bits per heavy atom. The fourth-order valence-corrected chi connectivity index (χ4v) is 0.406. The fraction of sp³-hybridized carbons (Fsp3) is 0.500. The van der Waals surface area contributed by atoms with Gasteiger partial charge < -0.3 is 5.32 Å². The lowest BCUT2D eigenvalue weighted by Gasteiger charge is -1.92. The summed E-state index contributed by atoms with van der Waals surface area (Å²) in [7, 11) is 0. The summed E-state index contributed by atoms with van der Waals surface area (Å²) < 4.78 is 11.9. The Kier molecular flexibility index (Phi) is 3.67. The van der Waals surface area contributed by atoms with Gasteiger partial charge in [0, 0.05) is 12.6 Å². The van der Waals surface area contributed by atoms with E-state index >= 15 is 0 Å². The molecule has 0 bridgehead atoms. The van der Waals surface area contributed by atoms with Gasteiger partial charge in [-0.05, 0) is 13.8 Å². The van der Waals surface area contributed by atoms with E-state index in [-0.39, 0.29) is 5.91 Å². The zero-order chi connectivity index (χ0) is 7.28. The number of rotatable bonds is 2. The van der Waals surface area contributed by atoms with Gasteiger partial charge in [-0.15, -0.1) is 0 Å². The van der Waals surface area contributed by atoms with Crippen LogP contribution in [0.5, 0.6) is 0 Å². The highest BCUT2D eigenvalue weighted by Gasteiger charge is 1.92. The molecule has 1 amide bonds. The predicted octanol–water partition coefficient (Wildman–Crippen LogP) is 0.996. The normalized spacial score (nSPS) is 11.2. The zero-order valence-electron chi connectivity index (χ0n) is 5.57. The quantitative estimate of drug-likeness (QED) is 0.556. The van der Waals surface area contributed by atoms with Crippen LogP contribution in [-0.2, 0) is 4.79 Å². The molecular weight excluding hydrogens is 121 g/mol. The van der Waals surface area contributed by atoms with Crippen molar-refractivity contribution < 1.29 is 9.18 Å². The largest absolute Gasteiger partial charge is 0.353 e. The van der Waals surface area contributed by atoms with Crippen molar-refractivity contribution in [2.24, 2.45) is 0 Å². The van der Waals surface area contributed by atoms with E-state index in [1.807, 2.05) is 0 Å². The highest BCUT2D eigenvalue weighted by molar-refractivity contribution is 5.87. The summed E-state index contributed by atoms with van der Waals surface area (Å²) in [6.07, 6.45) is 0.920. The van der Waals surface area contributed by atoms with E-state index in [2.05, 4.69) is 5.32 Å². The zero-order valence-corrected chi connectivity index (χ0v) is 5.57. The fourth-order valence-electron chi connectivity index (χ4n) is 0.406. The van der Waals surface area contributed by atoms with E-state index in [0.717, 1.165) is 6.08 Å². The molecule has 2 nitrogen and oxygen atoms in total. The number of amides is 1. The first-order valence-corrected chi connectivity index (χ1v) is 2.78. The molecule has 0 atom stereocenters. The molecule has 0 aliphatic rings. The maximum atomic E-state index is 11.9. The summed E-state index contributed by atoms with van der Waals surface area (Å²) in [5.74, 6) is -0.849. The Balaban J connectivity index is 3.63. The van der Waals surface area contributed by atoms with Gasteiger partial charge in [-0.2, -0.15) is 0 Å². The first-order valence-electron chi connectivity index (χ1n) is 2.78. The van der Waals surface area contributed by atoms with Crippen molar-refractivity contribution in [3.63, 3.8) is 0 Å². The van der Waals surface area contributed by atoms with Crippen LogP contribution in [0.4, 0.5) is 4.39 Å². The second-order valence-corrected chi connectivity index (χ2v) is 1.63. The molecule has 0 aliphatic heterocycles. The number of likely N-dealkylation sites (N-methyl/N-ethyl adjacent to an activating group) is 1. The number of carbonyl (C=O) groups is 1. The molecule has 0 aromatic carbocycles. The molecule has 0 unspecified atom stereocenters. The summed E-state index contributed by atoms with van der Waals surface area (Å²) in [6, 6.07) is 0. The van der Waals surface area contributed by atoms with E-state index in [9.17, 15) is 9.18 Å². The second kappa shape index (κ2) is 4.06. The number of nitrogens with one attached hydrogen (secondary N) is 1. The Bertz CT molecular complexity index is 127. The van der Waals surface area contributed by atoms with Gasteiger partial charge >= 0.3 is 0 Å². The van der Waals surface area contributed by atoms with Crippen LogP contribution in [0.3, 0.4) is 0 Å². The number of hydrogen-bond donors (Lipinski definition) is 1. The van der Waals surface area contributed by atoms with Crippen molar-refractivity contribution in [3.8, 4) is 0 Å². The summed E-state index contributed by atoms with van der Waals surface area (Å²) in [4.78, 5) is 10.4. The average Bonchev–Trinajstić information content (AvgIpc) is 1.63. The van der Waals surface area contributed by atoms with Crippen LogP contribution in [0.2, 0.25) is 0 Å². The van der Waals surface area contributed by atoms with Crippen molar-refractivity contribution in [1.29, 1.82) is 0 Å². The minimum atomic E-state index is -0.471. The first-order chi connectivity index (χ1) is 4.16. The van der Waals surface area contributed by atoms with Crippen LogP contribution < -0.4 is 5.32 Å². The van der Waals surface area contributed by atoms with Gasteiger partial charge in [-0.25, -0.2) is 4.39 Å². The number of hydrogen-bond acceptors (Lipinski definition) is 1. The van der Waals surface area contributed by atoms with Crippen LogP contribution in [0.15, 0.2) is 11.9 Å². The molecule has 9 heavy (non-hydrogen) atoms. The molecule has 3 heteroatoms. The Labute approximate surface area is 53.8 Å². The SMILES string of the molecule is CCNC(=O)/C=C(/C)F. The van der Waals surface area contributed by atoms with Crippen molar-refractivity contribution in [2.75, 3.05) is 6.54 Å². The lowest BCUT2D eigenvalue weighted by molar-refractivity contribution is -0.116. The summed E-state index contributed by atoms with van der Waals surface area (Å²) in [6.45, 7) is 3.54. The molecular formula is C6H10FNO. The Morgan fingerprint density at radius 3 is 2.67 bits per heavy atom. The Morgan fingerprint density at radius 1 is 1.78 bits per heavy atom. The van der Waals surface area contributed by atoms with Crippen LogP contribution in [0.1, 0.15) is 13.8 Å². The minimum Gasteiger partial charge on any atom is -0.353 e. The van der Waals surface area contributed by atoms with Crippen molar-refractivity contribution in [2.45, 2.75) is 13.8 Å². The van der Waals surface area contributed by atoms with Gasteiger partial charge in [0.1, 0.15) is 5.83 Å². The lowest BCUT2D eigenvalue weighted by Crippen LogP contribution is -2.20. The van der Waals surface area contributed by atoms with Crippen LogP contribution in [0.25, 0.3) is 0 Å². The van der Waals surface area contributed by atoms with Gasteiger partial charge in [0.25, 0.3) is 0 Å². The number of allylic oxidation sites excluding steroid dienone is 1. The van der Waals surface area contributed by atoms with E-state index in [1.165, 1.54) is 6.92 Å². The molecule has 0 aromatic rings. The molecule has 0 saturated heterocycles. The van der Waals surface area contributed by atoms with Gasteiger partial charge in [0.2, 0.25) is 5.91 Å². The highest BCUT2D eigenvalue weighted by atomic mass is 19.1. The smallest absolute Gasteiger partial charge is 0.246 e. The van der Waals surface area contributed by atoms with Gasteiger partial charge in [-0.3, -0.25) is 4.79 Å². The van der Waals surface area contributed by atoms with E-state index in [4.69, 9.17) is 0 Å². The van der Waals surface area contributed by atoms with Crippen molar-refractivity contribution in [3.05, 3.63) is 11.9 Å². The number of halogens is 1. The maximum absolute atomic E-state index is 11.9. The standard InChI is InChI=1S/C6H10FNO/c1-3-8-6(9)4-5(2)7/h4H,3H2,1-2H3,(H,8,9)/b5-4-. The summed E-state index contributed by atoms with van der Waals surface area (Å²) >= 11 is 0. The highest BCUT2D eigenvalue weighted by Crippen LogP contribution is 1.90. The van der Waals surface area contributed by atoms with Gasteiger partial charge in [-0.1, -0.05) is 0 Å². The van der Waals surface area contributed by atoms with Crippen molar-refractivity contribution >= 4 is 5.91 Å². The van der Waals surface area contributed by atoms with Crippen LogP contribution >= 0.6 is 0 Å².